The maximum absolute atomic E-state index is 10.9. The first-order valence-electron chi connectivity index (χ1n) is 5.50. The van der Waals surface area contributed by atoms with Gasteiger partial charge in [0.25, 0.3) is 0 Å². The van der Waals surface area contributed by atoms with Gasteiger partial charge >= 0.3 is 11.9 Å². The lowest BCUT2D eigenvalue weighted by Gasteiger charge is -1.93. The highest BCUT2D eigenvalue weighted by Gasteiger charge is 2.19. The molecule has 2 aromatic rings. The Balaban J connectivity index is 0.000000163. The van der Waals surface area contributed by atoms with E-state index in [9.17, 15) is 14.8 Å². The highest BCUT2D eigenvalue weighted by Crippen LogP contribution is 2.12. The summed E-state index contributed by atoms with van der Waals surface area (Å²) in [6, 6.07) is 9.22. The van der Waals surface area contributed by atoms with Gasteiger partial charge in [-0.3, -0.25) is 14.2 Å². The van der Waals surface area contributed by atoms with Gasteiger partial charge < -0.3 is 9.94 Å². The standard InChI is InChI=1S/C8H6N2O2.C4H4O3/c11-10-8(6-9-12-10)7-4-2-1-3-5-7;5-3-1-2-4(6)7-3/h1-6H;1-2H2. The molecule has 1 aromatic heterocycles. The third kappa shape index (κ3) is 3.38. The van der Waals surface area contributed by atoms with Crippen LogP contribution in [0.5, 0.6) is 0 Å². The van der Waals surface area contributed by atoms with Gasteiger partial charge in [-0.15, -0.1) is 0 Å². The lowest BCUT2D eigenvalue weighted by Crippen LogP contribution is -2.24. The molecule has 1 fully saturated rings. The maximum Gasteiger partial charge on any atom is 0.314 e. The highest BCUT2D eigenvalue weighted by molar-refractivity contribution is 5.92. The molecule has 7 nitrogen and oxygen atoms in total. The molecule has 19 heavy (non-hydrogen) atoms. The molecule has 0 saturated carbocycles. The van der Waals surface area contributed by atoms with Crippen molar-refractivity contribution in [2.45, 2.75) is 12.8 Å². The molecule has 98 valence electrons. The van der Waals surface area contributed by atoms with Crippen molar-refractivity contribution in [3.63, 3.8) is 0 Å². The molecule has 3 rings (SSSR count). The van der Waals surface area contributed by atoms with E-state index in [0.717, 1.165) is 5.56 Å². The van der Waals surface area contributed by atoms with Crippen LogP contribution >= 0.6 is 0 Å². The molecule has 0 radical (unpaired) electrons. The minimum absolute atomic E-state index is 0.263. The molecule has 1 aliphatic heterocycles. The van der Waals surface area contributed by atoms with Crippen molar-refractivity contribution in [1.82, 2.24) is 5.16 Å². The van der Waals surface area contributed by atoms with Crippen molar-refractivity contribution in [2.24, 2.45) is 0 Å². The normalized spacial score (nSPS) is 13.7. The first-order valence-corrected chi connectivity index (χ1v) is 5.50. The zero-order chi connectivity index (χ0) is 13.7. The van der Waals surface area contributed by atoms with E-state index in [1.54, 1.807) is 0 Å². The fourth-order valence-electron chi connectivity index (χ4n) is 1.43. The fraction of sp³-hybridized carbons (Fsp3) is 0.167. The lowest BCUT2D eigenvalue weighted by atomic mass is 10.2. The number of hydrogen-bond donors (Lipinski definition) is 0. The highest BCUT2D eigenvalue weighted by atomic mass is 16.8. The van der Waals surface area contributed by atoms with Crippen LogP contribution in [0.2, 0.25) is 0 Å². The Morgan fingerprint density at radius 1 is 1.11 bits per heavy atom. The van der Waals surface area contributed by atoms with Gasteiger partial charge in [-0.1, -0.05) is 30.3 Å². The summed E-state index contributed by atoms with van der Waals surface area (Å²) in [7, 11) is 0. The predicted octanol–water partition coefficient (Wildman–Crippen LogP) is 0.825. The van der Waals surface area contributed by atoms with Crippen LogP contribution < -0.4 is 4.90 Å². The second-order valence-electron chi connectivity index (χ2n) is 3.67. The summed E-state index contributed by atoms with van der Waals surface area (Å²) in [6.45, 7) is 0. The molecule has 1 saturated heterocycles. The number of benzene rings is 1. The fourth-order valence-corrected chi connectivity index (χ4v) is 1.43. The Kier molecular flexibility index (Phi) is 3.87. The van der Waals surface area contributed by atoms with Crippen LogP contribution in [0.3, 0.4) is 0 Å². The molecule has 0 N–H and O–H groups in total. The molecule has 0 atom stereocenters. The van der Waals surface area contributed by atoms with Crippen molar-refractivity contribution in [2.75, 3.05) is 0 Å². The van der Waals surface area contributed by atoms with Crippen molar-refractivity contribution in [3.8, 4) is 11.3 Å². The smallest absolute Gasteiger partial charge is 0.314 e. The van der Waals surface area contributed by atoms with Gasteiger partial charge in [0.1, 0.15) is 0 Å². The summed E-state index contributed by atoms with van der Waals surface area (Å²) in [4.78, 5) is 20.4. The van der Waals surface area contributed by atoms with E-state index >= 15 is 0 Å². The first-order chi connectivity index (χ1) is 9.16. The van der Waals surface area contributed by atoms with E-state index in [1.807, 2.05) is 30.3 Å². The van der Waals surface area contributed by atoms with E-state index in [2.05, 4.69) is 14.5 Å². The van der Waals surface area contributed by atoms with Gasteiger partial charge in [0.15, 0.2) is 0 Å². The summed E-state index contributed by atoms with van der Waals surface area (Å²) in [6.07, 6.45) is 1.92. The number of nitrogens with zero attached hydrogens (tertiary/aromatic N) is 2. The average molecular weight is 262 g/mol. The van der Waals surface area contributed by atoms with E-state index in [4.69, 9.17) is 0 Å². The number of carbonyl (C=O) groups excluding carboxylic acids is 2. The third-order valence-electron chi connectivity index (χ3n) is 2.32. The average Bonchev–Trinajstić information content (AvgIpc) is 3.00. The molecule has 0 spiro atoms. The van der Waals surface area contributed by atoms with Crippen LogP contribution in [0.25, 0.3) is 11.3 Å². The lowest BCUT2D eigenvalue weighted by molar-refractivity contribution is -0.793. The molecule has 0 bridgehead atoms. The summed E-state index contributed by atoms with van der Waals surface area (Å²) in [5.74, 6) is -0.796. The van der Waals surface area contributed by atoms with Crippen molar-refractivity contribution in [1.29, 1.82) is 0 Å². The summed E-state index contributed by atoms with van der Waals surface area (Å²) >= 11 is 0. The second kappa shape index (κ2) is 5.76. The number of rotatable bonds is 1. The number of aromatic nitrogens is 2. The minimum atomic E-state index is -0.398. The molecule has 0 amide bonds. The van der Waals surface area contributed by atoms with E-state index in [0.29, 0.717) is 10.6 Å². The van der Waals surface area contributed by atoms with E-state index in [1.165, 1.54) is 6.20 Å². The third-order valence-corrected chi connectivity index (χ3v) is 2.32. The molecule has 1 aliphatic rings. The molecular formula is C12H10N2O5. The van der Waals surface area contributed by atoms with E-state index < -0.39 is 11.9 Å². The Bertz CT molecular complexity index is 565. The van der Waals surface area contributed by atoms with Gasteiger partial charge in [0, 0.05) is 10.7 Å². The topological polar surface area (TPSA) is 96.3 Å². The van der Waals surface area contributed by atoms with Crippen LogP contribution in [-0.2, 0) is 14.3 Å². The van der Waals surface area contributed by atoms with Gasteiger partial charge in [-0.25, -0.2) is 0 Å². The Labute approximate surface area is 107 Å². The number of carbonyl (C=O) groups is 2. The van der Waals surface area contributed by atoms with Crippen LogP contribution in [0.1, 0.15) is 12.8 Å². The molecular weight excluding hydrogens is 252 g/mol. The Morgan fingerprint density at radius 3 is 2.16 bits per heavy atom. The van der Waals surface area contributed by atoms with E-state index in [-0.39, 0.29) is 12.8 Å². The zero-order valence-electron chi connectivity index (χ0n) is 9.81. The van der Waals surface area contributed by atoms with Gasteiger partial charge in [-0.05, 0) is 4.90 Å². The minimum Gasteiger partial charge on any atom is -0.393 e. The Hall–Kier alpha value is -2.70. The monoisotopic (exact) mass is 262 g/mol. The quantitative estimate of drug-likeness (QED) is 0.429. The number of hydrogen-bond acceptors (Lipinski definition) is 6. The zero-order valence-corrected chi connectivity index (χ0v) is 9.81. The molecule has 0 aliphatic carbocycles. The van der Waals surface area contributed by atoms with Crippen molar-refractivity contribution < 1.29 is 23.9 Å². The molecule has 7 heteroatoms. The Morgan fingerprint density at radius 2 is 1.74 bits per heavy atom. The van der Waals surface area contributed by atoms with Crippen LogP contribution in [0.15, 0.2) is 41.2 Å². The van der Waals surface area contributed by atoms with Gasteiger partial charge in [0.05, 0.1) is 12.8 Å². The second-order valence-corrected chi connectivity index (χ2v) is 3.67. The van der Waals surface area contributed by atoms with Crippen molar-refractivity contribution >= 4 is 11.9 Å². The summed E-state index contributed by atoms with van der Waals surface area (Å²) < 4.78 is 8.41. The largest absolute Gasteiger partial charge is 0.393 e. The summed E-state index contributed by atoms with van der Waals surface area (Å²) in [5.41, 5.74) is 1.23. The molecule has 2 heterocycles. The first kappa shape index (κ1) is 12.7. The van der Waals surface area contributed by atoms with Crippen molar-refractivity contribution in [3.05, 3.63) is 41.7 Å². The van der Waals surface area contributed by atoms with Crippen LogP contribution in [0, 0.1) is 5.21 Å². The number of cyclic esters (lactones) is 2. The van der Waals surface area contributed by atoms with Gasteiger partial charge in [-0.2, -0.15) is 0 Å². The number of ether oxygens (including phenoxy) is 1. The maximum atomic E-state index is 10.9. The molecule has 0 unspecified atom stereocenters. The predicted molar refractivity (Wildman–Crippen MR) is 61.2 cm³/mol. The van der Waals surface area contributed by atoms with Crippen LogP contribution in [-0.4, -0.2) is 17.1 Å². The van der Waals surface area contributed by atoms with Gasteiger partial charge in [0.2, 0.25) is 11.9 Å². The molecule has 1 aromatic carbocycles. The summed E-state index contributed by atoms with van der Waals surface area (Å²) in [5, 5.41) is 14.3. The SMILES string of the molecule is O=C1CCC(=O)O1.[O-][n+]1oncc1-c1ccccc1. The number of esters is 2. The van der Waals surface area contributed by atoms with Crippen LogP contribution in [0.4, 0.5) is 0 Å².